The van der Waals surface area contributed by atoms with Gasteiger partial charge in [0.25, 0.3) is 0 Å². The Kier molecular flexibility index (Phi) is 4.54. The highest BCUT2D eigenvalue weighted by molar-refractivity contribution is 7.89. The van der Waals surface area contributed by atoms with E-state index in [1.807, 2.05) is 43.3 Å². The molecular formula is C19H23N3O3S. The maximum atomic E-state index is 12.6. The van der Waals surface area contributed by atoms with Crippen LogP contribution in [0.15, 0.2) is 47.4 Å². The summed E-state index contributed by atoms with van der Waals surface area (Å²) in [7, 11) is 0.228. The molecule has 26 heavy (non-hydrogen) atoms. The summed E-state index contributed by atoms with van der Waals surface area (Å²) in [5, 5.41) is 2.78. The van der Waals surface area contributed by atoms with Crippen LogP contribution in [0.4, 0.5) is 11.4 Å². The summed E-state index contributed by atoms with van der Waals surface area (Å²) in [5.41, 5.74) is 2.54. The van der Waals surface area contributed by atoms with Crippen molar-refractivity contribution in [3.8, 4) is 0 Å². The number of sulfonamides is 1. The van der Waals surface area contributed by atoms with Crippen molar-refractivity contribution in [3.05, 3.63) is 53.6 Å². The molecule has 1 aliphatic heterocycles. The van der Waals surface area contributed by atoms with E-state index in [9.17, 15) is 13.2 Å². The lowest BCUT2D eigenvalue weighted by Gasteiger charge is -2.16. The molecule has 1 amide bonds. The van der Waals surface area contributed by atoms with Crippen molar-refractivity contribution >= 4 is 27.3 Å². The molecule has 0 saturated carbocycles. The molecule has 1 heterocycles. The SMILES string of the molecule is CN(C)c1ccc(CNS(=O)(=O)c2ccc3c(c2)C(C)(C)C(=O)N3)cc1. The fraction of sp³-hybridized carbons (Fsp3) is 0.316. The summed E-state index contributed by atoms with van der Waals surface area (Å²) >= 11 is 0. The van der Waals surface area contributed by atoms with E-state index in [2.05, 4.69) is 10.0 Å². The van der Waals surface area contributed by atoms with Gasteiger partial charge in [-0.3, -0.25) is 4.79 Å². The smallest absolute Gasteiger partial charge is 0.240 e. The molecular weight excluding hydrogens is 350 g/mol. The minimum absolute atomic E-state index is 0.129. The van der Waals surface area contributed by atoms with E-state index < -0.39 is 15.4 Å². The van der Waals surface area contributed by atoms with Crippen LogP contribution in [0, 0.1) is 0 Å². The Hall–Kier alpha value is -2.38. The third-order valence-corrected chi connectivity index (χ3v) is 6.11. The zero-order chi connectivity index (χ0) is 19.1. The van der Waals surface area contributed by atoms with E-state index >= 15 is 0 Å². The molecule has 138 valence electrons. The topological polar surface area (TPSA) is 78.5 Å². The lowest BCUT2D eigenvalue weighted by Crippen LogP contribution is -2.27. The normalized spacial score (nSPS) is 15.5. The van der Waals surface area contributed by atoms with Crippen LogP contribution in [-0.2, 0) is 26.8 Å². The first-order chi connectivity index (χ1) is 12.1. The Morgan fingerprint density at radius 2 is 1.73 bits per heavy atom. The van der Waals surface area contributed by atoms with Gasteiger partial charge in [0.15, 0.2) is 0 Å². The molecule has 0 saturated heterocycles. The first-order valence-corrected chi connectivity index (χ1v) is 9.81. The fourth-order valence-corrected chi connectivity index (χ4v) is 3.93. The van der Waals surface area contributed by atoms with Gasteiger partial charge in [-0.05, 0) is 55.3 Å². The van der Waals surface area contributed by atoms with Crippen LogP contribution in [0.25, 0.3) is 0 Å². The molecule has 0 radical (unpaired) electrons. The number of amides is 1. The Morgan fingerprint density at radius 1 is 1.08 bits per heavy atom. The summed E-state index contributed by atoms with van der Waals surface area (Å²) in [6.45, 7) is 3.77. The highest BCUT2D eigenvalue weighted by atomic mass is 32.2. The second kappa shape index (κ2) is 6.41. The minimum Gasteiger partial charge on any atom is -0.378 e. The standard InChI is InChI=1S/C19H23N3O3S/c1-19(2)16-11-15(9-10-17(16)21-18(19)23)26(24,25)20-12-13-5-7-14(8-6-13)22(3)4/h5-11,20H,12H2,1-4H3,(H,21,23). The van der Waals surface area contributed by atoms with Gasteiger partial charge in [0.05, 0.1) is 10.3 Å². The molecule has 0 unspecified atom stereocenters. The second-order valence-corrected chi connectivity index (χ2v) is 8.94. The molecule has 2 aromatic rings. The first-order valence-electron chi connectivity index (χ1n) is 8.33. The number of carbonyl (C=O) groups excluding carboxylic acids is 1. The Morgan fingerprint density at radius 3 is 2.35 bits per heavy atom. The van der Waals surface area contributed by atoms with Crippen molar-refractivity contribution in [1.29, 1.82) is 0 Å². The minimum atomic E-state index is -3.67. The molecule has 1 aliphatic rings. The van der Waals surface area contributed by atoms with Crippen LogP contribution in [0.5, 0.6) is 0 Å². The maximum absolute atomic E-state index is 12.6. The number of fused-ring (bicyclic) bond motifs is 1. The summed E-state index contributed by atoms with van der Waals surface area (Å²) in [6.07, 6.45) is 0. The van der Waals surface area contributed by atoms with Crippen LogP contribution in [0.2, 0.25) is 0 Å². The predicted octanol–water partition coefficient (Wildman–Crippen LogP) is 2.46. The van der Waals surface area contributed by atoms with Gasteiger partial charge in [-0.15, -0.1) is 0 Å². The predicted molar refractivity (Wildman–Crippen MR) is 103 cm³/mol. The van der Waals surface area contributed by atoms with Crippen molar-refractivity contribution in [3.63, 3.8) is 0 Å². The van der Waals surface area contributed by atoms with Crippen LogP contribution in [0.3, 0.4) is 0 Å². The van der Waals surface area contributed by atoms with E-state index in [4.69, 9.17) is 0 Å². The number of nitrogens with one attached hydrogen (secondary N) is 2. The van der Waals surface area contributed by atoms with Gasteiger partial charge in [-0.2, -0.15) is 0 Å². The maximum Gasteiger partial charge on any atom is 0.240 e. The largest absolute Gasteiger partial charge is 0.378 e. The highest BCUT2D eigenvalue weighted by Crippen LogP contribution is 2.38. The number of nitrogens with zero attached hydrogens (tertiary/aromatic N) is 1. The van der Waals surface area contributed by atoms with E-state index in [1.165, 1.54) is 6.07 Å². The zero-order valence-corrected chi connectivity index (χ0v) is 16.1. The van der Waals surface area contributed by atoms with Crippen LogP contribution in [-0.4, -0.2) is 28.4 Å². The molecule has 3 rings (SSSR count). The summed E-state index contributed by atoms with van der Waals surface area (Å²) in [6, 6.07) is 12.4. The quantitative estimate of drug-likeness (QED) is 0.844. The van der Waals surface area contributed by atoms with E-state index in [0.29, 0.717) is 11.3 Å². The van der Waals surface area contributed by atoms with Crippen LogP contribution >= 0.6 is 0 Å². The van der Waals surface area contributed by atoms with Gasteiger partial charge < -0.3 is 10.2 Å². The third-order valence-electron chi connectivity index (χ3n) is 4.71. The van der Waals surface area contributed by atoms with Gasteiger partial charge >= 0.3 is 0 Å². The van der Waals surface area contributed by atoms with Crippen molar-refractivity contribution in [2.45, 2.75) is 30.7 Å². The molecule has 0 aromatic heterocycles. The lowest BCUT2D eigenvalue weighted by molar-refractivity contribution is -0.119. The summed E-state index contributed by atoms with van der Waals surface area (Å²) < 4.78 is 27.9. The fourth-order valence-electron chi connectivity index (χ4n) is 2.89. The first kappa shape index (κ1) is 18.4. The van der Waals surface area contributed by atoms with Crippen LogP contribution in [0.1, 0.15) is 25.0 Å². The number of carbonyl (C=O) groups is 1. The summed E-state index contributed by atoms with van der Waals surface area (Å²) in [4.78, 5) is 14.2. The number of anilines is 2. The molecule has 2 N–H and O–H groups in total. The average Bonchev–Trinajstić information content (AvgIpc) is 2.82. The molecule has 2 aromatic carbocycles. The molecule has 0 bridgehead atoms. The van der Waals surface area contributed by atoms with Crippen molar-refractivity contribution in [1.82, 2.24) is 4.72 Å². The molecule has 0 atom stereocenters. The van der Waals surface area contributed by atoms with E-state index in [0.717, 1.165) is 11.3 Å². The Bertz CT molecular complexity index is 948. The Balaban J connectivity index is 1.79. The third kappa shape index (κ3) is 3.32. The average molecular weight is 373 g/mol. The number of rotatable bonds is 5. The second-order valence-electron chi connectivity index (χ2n) is 7.17. The van der Waals surface area contributed by atoms with Crippen molar-refractivity contribution < 1.29 is 13.2 Å². The van der Waals surface area contributed by atoms with Crippen molar-refractivity contribution in [2.24, 2.45) is 0 Å². The molecule has 6 nitrogen and oxygen atoms in total. The summed E-state index contributed by atoms with van der Waals surface area (Å²) in [5.74, 6) is -0.129. The van der Waals surface area contributed by atoms with Gasteiger partial charge in [0.1, 0.15) is 0 Å². The van der Waals surface area contributed by atoms with Crippen molar-refractivity contribution in [2.75, 3.05) is 24.3 Å². The molecule has 0 spiro atoms. The van der Waals surface area contributed by atoms with Crippen LogP contribution < -0.4 is 14.9 Å². The molecule has 0 aliphatic carbocycles. The Labute approximate surface area is 154 Å². The number of hydrogen-bond acceptors (Lipinski definition) is 4. The zero-order valence-electron chi connectivity index (χ0n) is 15.3. The van der Waals surface area contributed by atoms with E-state index in [1.54, 1.807) is 26.0 Å². The van der Waals surface area contributed by atoms with E-state index in [-0.39, 0.29) is 17.3 Å². The monoisotopic (exact) mass is 373 g/mol. The van der Waals surface area contributed by atoms with Gasteiger partial charge in [0, 0.05) is 32.0 Å². The van der Waals surface area contributed by atoms with Gasteiger partial charge in [-0.1, -0.05) is 12.1 Å². The lowest BCUT2D eigenvalue weighted by atomic mass is 9.86. The van der Waals surface area contributed by atoms with Gasteiger partial charge in [-0.25, -0.2) is 13.1 Å². The van der Waals surface area contributed by atoms with Gasteiger partial charge in [0.2, 0.25) is 15.9 Å². The molecule has 7 heteroatoms. The molecule has 0 fully saturated rings. The number of hydrogen-bond donors (Lipinski definition) is 2. The number of benzene rings is 2. The highest BCUT2D eigenvalue weighted by Gasteiger charge is 2.39.